The molecule has 1 aromatic carbocycles. The first-order chi connectivity index (χ1) is 15.1. The summed E-state index contributed by atoms with van der Waals surface area (Å²) in [7, 11) is 1.66. The largest absolute Gasteiger partial charge is 0.383 e. The number of likely N-dealkylation sites (N-methyl/N-ethyl adjacent to an activating group) is 1. The summed E-state index contributed by atoms with van der Waals surface area (Å²) in [6.45, 7) is 6.98. The lowest BCUT2D eigenvalue weighted by atomic mass is 9.87. The van der Waals surface area contributed by atoms with Crippen molar-refractivity contribution in [2.24, 2.45) is 5.41 Å². The van der Waals surface area contributed by atoms with Gasteiger partial charge < -0.3 is 15.7 Å². The average molecular weight is 430 g/mol. The van der Waals surface area contributed by atoms with E-state index in [9.17, 15) is 9.90 Å². The molecule has 0 spiro atoms. The number of nitrogens with two attached hydrogens (primary N) is 1. The lowest BCUT2D eigenvalue weighted by Gasteiger charge is -2.19. The van der Waals surface area contributed by atoms with E-state index < -0.39 is 5.60 Å². The molecule has 1 amide bonds. The molecule has 4 rings (SSSR count). The van der Waals surface area contributed by atoms with Crippen LogP contribution >= 0.6 is 0 Å². The van der Waals surface area contributed by atoms with Gasteiger partial charge in [0.25, 0.3) is 5.91 Å². The first kappa shape index (κ1) is 21.7. The Labute approximate surface area is 187 Å². The van der Waals surface area contributed by atoms with Crippen molar-refractivity contribution in [1.82, 2.24) is 19.9 Å². The summed E-state index contributed by atoms with van der Waals surface area (Å²) < 4.78 is 0. The number of rotatable bonds is 2. The summed E-state index contributed by atoms with van der Waals surface area (Å²) in [6.07, 6.45) is 4.63. The SMILES string of the molecule is CN1CC[C@@](O)(C#Cc2cccc(-c3nc(N)c4c(CC(C)(C)C)cncc4n3)c2)C1=O. The molecule has 1 aliphatic heterocycles. The summed E-state index contributed by atoms with van der Waals surface area (Å²) in [5.74, 6) is 6.19. The molecular weight excluding hydrogens is 402 g/mol. The van der Waals surface area contributed by atoms with Gasteiger partial charge in [-0.05, 0) is 29.5 Å². The maximum atomic E-state index is 12.1. The lowest BCUT2D eigenvalue weighted by molar-refractivity contribution is -0.137. The second kappa shape index (κ2) is 7.88. The first-order valence-electron chi connectivity index (χ1n) is 10.6. The summed E-state index contributed by atoms with van der Waals surface area (Å²) in [5, 5.41) is 11.4. The van der Waals surface area contributed by atoms with Crippen molar-refractivity contribution in [2.75, 3.05) is 19.3 Å². The van der Waals surface area contributed by atoms with E-state index in [1.54, 1.807) is 13.2 Å². The van der Waals surface area contributed by atoms with Crippen LogP contribution in [0, 0.1) is 17.3 Å². The number of amides is 1. The maximum Gasteiger partial charge on any atom is 0.267 e. The second-order valence-corrected chi connectivity index (χ2v) is 9.53. The highest BCUT2D eigenvalue weighted by molar-refractivity contribution is 5.92. The quantitative estimate of drug-likeness (QED) is 0.607. The molecule has 2 aromatic heterocycles. The number of carbonyl (C=O) groups excluding carboxylic acids is 1. The molecule has 0 aliphatic carbocycles. The van der Waals surface area contributed by atoms with E-state index in [-0.39, 0.29) is 11.3 Å². The highest BCUT2D eigenvalue weighted by Gasteiger charge is 2.42. The summed E-state index contributed by atoms with van der Waals surface area (Å²) in [4.78, 5) is 27.2. The number of anilines is 1. The van der Waals surface area contributed by atoms with E-state index in [1.807, 2.05) is 30.5 Å². The van der Waals surface area contributed by atoms with Gasteiger partial charge in [0.05, 0.1) is 11.7 Å². The third-order valence-corrected chi connectivity index (χ3v) is 5.48. The molecule has 3 N–H and O–H groups in total. The Hall–Kier alpha value is -3.50. The molecule has 1 fully saturated rings. The van der Waals surface area contributed by atoms with Crippen molar-refractivity contribution >= 4 is 22.6 Å². The maximum absolute atomic E-state index is 12.1. The van der Waals surface area contributed by atoms with E-state index in [0.717, 1.165) is 22.9 Å². The Bertz CT molecular complexity index is 1270. The molecular formula is C25H27N5O2. The van der Waals surface area contributed by atoms with Gasteiger partial charge in [-0.15, -0.1) is 0 Å². The zero-order valence-electron chi connectivity index (χ0n) is 18.8. The van der Waals surface area contributed by atoms with Crippen LogP contribution in [-0.4, -0.2) is 50.1 Å². The molecule has 0 radical (unpaired) electrons. The zero-order chi connectivity index (χ0) is 23.1. The third-order valence-electron chi connectivity index (χ3n) is 5.48. The standard InChI is InChI=1S/C25H27N5O2/c1-24(2,3)13-18-14-27-15-19-20(18)21(26)29-22(28-19)17-7-5-6-16(12-17)8-9-25(32)10-11-30(4)23(25)31/h5-7,12,14-15,32H,10-11,13H2,1-4H3,(H2,26,28,29)/t25-/m0/s1. The molecule has 0 bridgehead atoms. The van der Waals surface area contributed by atoms with Gasteiger partial charge >= 0.3 is 0 Å². The average Bonchev–Trinajstić information content (AvgIpc) is 2.99. The van der Waals surface area contributed by atoms with Gasteiger partial charge in [-0.1, -0.05) is 44.7 Å². The minimum atomic E-state index is -1.64. The van der Waals surface area contributed by atoms with Gasteiger partial charge in [-0.3, -0.25) is 9.78 Å². The number of nitrogen functional groups attached to an aromatic ring is 1. The zero-order valence-corrected chi connectivity index (χ0v) is 18.8. The van der Waals surface area contributed by atoms with Crippen molar-refractivity contribution in [1.29, 1.82) is 0 Å². The number of hydrogen-bond acceptors (Lipinski definition) is 6. The molecule has 32 heavy (non-hydrogen) atoms. The van der Waals surface area contributed by atoms with Crippen LogP contribution in [0.15, 0.2) is 36.7 Å². The number of nitrogens with zero attached hydrogens (tertiary/aromatic N) is 4. The van der Waals surface area contributed by atoms with E-state index in [0.29, 0.717) is 35.7 Å². The van der Waals surface area contributed by atoms with Crippen LogP contribution in [0.5, 0.6) is 0 Å². The molecule has 1 atom stereocenters. The number of fused-ring (bicyclic) bond motifs is 1. The van der Waals surface area contributed by atoms with Crippen LogP contribution in [0.1, 0.15) is 38.3 Å². The van der Waals surface area contributed by atoms with E-state index in [2.05, 4.69) is 42.6 Å². The van der Waals surface area contributed by atoms with Gasteiger partial charge in [-0.2, -0.15) is 0 Å². The Kier molecular flexibility index (Phi) is 5.35. The molecule has 3 aromatic rings. The Morgan fingerprint density at radius 2 is 2.03 bits per heavy atom. The van der Waals surface area contributed by atoms with Crippen molar-refractivity contribution in [3.05, 3.63) is 47.8 Å². The van der Waals surface area contributed by atoms with Crippen LogP contribution in [0.3, 0.4) is 0 Å². The Morgan fingerprint density at radius 3 is 2.72 bits per heavy atom. The molecule has 7 nitrogen and oxygen atoms in total. The van der Waals surface area contributed by atoms with Gasteiger partial charge in [0.2, 0.25) is 5.60 Å². The van der Waals surface area contributed by atoms with Gasteiger partial charge in [0, 0.05) is 42.7 Å². The Balaban J connectivity index is 1.70. The van der Waals surface area contributed by atoms with Crippen molar-refractivity contribution in [3.63, 3.8) is 0 Å². The smallest absolute Gasteiger partial charge is 0.267 e. The molecule has 0 unspecified atom stereocenters. The molecule has 7 heteroatoms. The molecule has 1 aliphatic rings. The summed E-state index contributed by atoms with van der Waals surface area (Å²) in [5.41, 5.74) is 7.92. The molecule has 164 valence electrons. The summed E-state index contributed by atoms with van der Waals surface area (Å²) >= 11 is 0. The number of pyridine rings is 1. The number of hydrogen-bond donors (Lipinski definition) is 2. The monoisotopic (exact) mass is 429 g/mol. The van der Waals surface area contributed by atoms with Gasteiger partial charge in [0.1, 0.15) is 5.82 Å². The first-order valence-corrected chi connectivity index (χ1v) is 10.6. The number of likely N-dealkylation sites (tertiary alicyclic amines) is 1. The van der Waals surface area contributed by atoms with Crippen LogP contribution in [0.2, 0.25) is 0 Å². The van der Waals surface area contributed by atoms with Crippen molar-refractivity contribution in [3.8, 4) is 23.2 Å². The number of aliphatic hydroxyl groups is 1. The van der Waals surface area contributed by atoms with Crippen molar-refractivity contribution < 1.29 is 9.90 Å². The minimum Gasteiger partial charge on any atom is -0.383 e. The fourth-order valence-corrected chi connectivity index (χ4v) is 3.90. The predicted octanol–water partition coefficient (Wildman–Crippen LogP) is 2.81. The number of carbonyl (C=O) groups is 1. The predicted molar refractivity (Wildman–Crippen MR) is 124 cm³/mol. The van der Waals surface area contributed by atoms with Crippen LogP contribution in [-0.2, 0) is 11.2 Å². The molecule has 3 heterocycles. The minimum absolute atomic E-state index is 0.0770. The topological polar surface area (TPSA) is 105 Å². The summed E-state index contributed by atoms with van der Waals surface area (Å²) in [6, 6.07) is 7.36. The van der Waals surface area contributed by atoms with Gasteiger partial charge in [0.15, 0.2) is 5.82 Å². The van der Waals surface area contributed by atoms with E-state index in [4.69, 9.17) is 10.7 Å². The number of aromatic nitrogens is 3. The van der Waals surface area contributed by atoms with Crippen LogP contribution < -0.4 is 5.73 Å². The molecule has 1 saturated heterocycles. The highest BCUT2D eigenvalue weighted by Crippen LogP contribution is 2.30. The van der Waals surface area contributed by atoms with E-state index >= 15 is 0 Å². The lowest BCUT2D eigenvalue weighted by Crippen LogP contribution is -2.37. The highest BCUT2D eigenvalue weighted by atomic mass is 16.3. The number of benzene rings is 1. The Morgan fingerprint density at radius 1 is 1.25 bits per heavy atom. The fraction of sp³-hybridized carbons (Fsp3) is 0.360. The van der Waals surface area contributed by atoms with Crippen molar-refractivity contribution in [2.45, 2.75) is 39.2 Å². The molecule has 0 saturated carbocycles. The third kappa shape index (κ3) is 4.27. The fourth-order valence-electron chi connectivity index (χ4n) is 3.90. The van der Waals surface area contributed by atoms with Gasteiger partial charge in [-0.25, -0.2) is 9.97 Å². The normalized spacial score (nSPS) is 18.7. The van der Waals surface area contributed by atoms with E-state index in [1.165, 1.54) is 4.90 Å². The van der Waals surface area contributed by atoms with Crippen LogP contribution in [0.25, 0.3) is 22.3 Å². The van der Waals surface area contributed by atoms with Crippen LogP contribution in [0.4, 0.5) is 5.82 Å². The second-order valence-electron chi connectivity index (χ2n) is 9.53.